The summed E-state index contributed by atoms with van der Waals surface area (Å²) in [5, 5.41) is 14.8. The third-order valence-corrected chi connectivity index (χ3v) is 2.52. The quantitative estimate of drug-likeness (QED) is 0.848. The zero-order valence-electron chi connectivity index (χ0n) is 10.1. The molecule has 2 aromatic heterocycles. The van der Waals surface area contributed by atoms with Crippen LogP contribution in [0.1, 0.15) is 23.8 Å². The Morgan fingerprint density at radius 2 is 2.26 bits per heavy atom. The van der Waals surface area contributed by atoms with Gasteiger partial charge in [0.15, 0.2) is 11.5 Å². The highest BCUT2D eigenvalue weighted by Crippen LogP contribution is 2.20. The van der Waals surface area contributed by atoms with Crippen LogP contribution in [0.5, 0.6) is 0 Å². The summed E-state index contributed by atoms with van der Waals surface area (Å²) in [6.45, 7) is 1.66. The molecule has 2 N–H and O–H groups in total. The van der Waals surface area contributed by atoms with Crippen molar-refractivity contribution in [1.29, 1.82) is 0 Å². The van der Waals surface area contributed by atoms with Gasteiger partial charge in [-0.2, -0.15) is 0 Å². The van der Waals surface area contributed by atoms with Crippen LogP contribution >= 0.6 is 0 Å². The highest BCUT2D eigenvalue weighted by Gasteiger charge is 2.21. The van der Waals surface area contributed by atoms with Gasteiger partial charge in [-0.1, -0.05) is 12.1 Å². The van der Waals surface area contributed by atoms with Crippen molar-refractivity contribution >= 4 is 11.9 Å². The molecule has 0 bridgehead atoms. The standard InChI is InChI=1S/C12H12N2O5/c1-2-7(12(16)17)13-11(15)8-6-10(19-14-8)9-4-3-5-18-9/h3-7H,2H2,1H3,(H,13,15)(H,16,17)/t7-/m1/s1. The first-order valence-corrected chi connectivity index (χ1v) is 5.66. The maximum atomic E-state index is 11.8. The molecule has 7 heteroatoms. The van der Waals surface area contributed by atoms with Gasteiger partial charge in [-0.3, -0.25) is 4.79 Å². The number of carboxylic acid groups (broad SMARTS) is 1. The van der Waals surface area contributed by atoms with Crippen molar-refractivity contribution in [3.05, 3.63) is 30.2 Å². The number of aromatic nitrogens is 1. The van der Waals surface area contributed by atoms with Crippen molar-refractivity contribution in [2.45, 2.75) is 19.4 Å². The Morgan fingerprint density at radius 3 is 2.84 bits per heavy atom. The molecule has 0 spiro atoms. The highest BCUT2D eigenvalue weighted by atomic mass is 16.5. The summed E-state index contributed by atoms with van der Waals surface area (Å²) in [5.41, 5.74) is 0.00565. The molecular weight excluding hydrogens is 252 g/mol. The van der Waals surface area contributed by atoms with Gasteiger partial charge in [0.05, 0.1) is 6.26 Å². The maximum Gasteiger partial charge on any atom is 0.326 e. The lowest BCUT2D eigenvalue weighted by atomic mass is 10.2. The van der Waals surface area contributed by atoms with Crippen molar-refractivity contribution in [3.8, 4) is 11.5 Å². The Morgan fingerprint density at radius 1 is 1.47 bits per heavy atom. The van der Waals surface area contributed by atoms with Gasteiger partial charge in [0, 0.05) is 6.07 Å². The third-order valence-electron chi connectivity index (χ3n) is 2.52. The van der Waals surface area contributed by atoms with E-state index in [1.54, 1.807) is 19.1 Å². The zero-order chi connectivity index (χ0) is 13.8. The number of nitrogens with one attached hydrogen (secondary N) is 1. The first-order chi connectivity index (χ1) is 9.11. The van der Waals surface area contributed by atoms with Crippen LogP contribution in [0.4, 0.5) is 0 Å². The lowest BCUT2D eigenvalue weighted by molar-refractivity contribution is -0.139. The minimum Gasteiger partial charge on any atom is -0.480 e. The molecule has 100 valence electrons. The van der Waals surface area contributed by atoms with Crippen LogP contribution in [0, 0.1) is 0 Å². The fraction of sp³-hybridized carbons (Fsp3) is 0.250. The Hall–Kier alpha value is -2.57. The number of nitrogens with zero attached hydrogens (tertiary/aromatic N) is 1. The van der Waals surface area contributed by atoms with E-state index in [2.05, 4.69) is 10.5 Å². The van der Waals surface area contributed by atoms with Crippen molar-refractivity contribution in [2.75, 3.05) is 0 Å². The summed E-state index contributed by atoms with van der Waals surface area (Å²) in [6, 6.07) is 3.78. The van der Waals surface area contributed by atoms with Gasteiger partial charge in [0.1, 0.15) is 6.04 Å². The largest absolute Gasteiger partial charge is 0.480 e. The Labute approximate surface area is 108 Å². The third kappa shape index (κ3) is 2.82. The smallest absolute Gasteiger partial charge is 0.326 e. The van der Waals surface area contributed by atoms with E-state index < -0.39 is 17.9 Å². The van der Waals surface area contributed by atoms with Gasteiger partial charge in [-0.05, 0) is 18.6 Å². The molecule has 0 radical (unpaired) electrons. The fourth-order valence-corrected chi connectivity index (χ4v) is 1.49. The molecule has 0 aliphatic carbocycles. The topological polar surface area (TPSA) is 106 Å². The number of rotatable bonds is 5. The average molecular weight is 264 g/mol. The SMILES string of the molecule is CC[C@@H](NC(=O)c1cc(-c2ccco2)on1)C(=O)O. The van der Waals surface area contributed by atoms with Crippen LogP contribution < -0.4 is 5.32 Å². The van der Waals surface area contributed by atoms with Crippen molar-refractivity contribution in [1.82, 2.24) is 10.5 Å². The summed E-state index contributed by atoms with van der Waals surface area (Å²) in [7, 11) is 0. The van der Waals surface area contributed by atoms with Gasteiger partial charge in [0.25, 0.3) is 5.91 Å². The fourth-order valence-electron chi connectivity index (χ4n) is 1.49. The number of aliphatic carboxylic acids is 1. The number of hydrogen-bond acceptors (Lipinski definition) is 5. The van der Waals surface area contributed by atoms with Gasteiger partial charge in [-0.25, -0.2) is 4.79 Å². The van der Waals surface area contributed by atoms with Crippen LogP contribution in [-0.4, -0.2) is 28.2 Å². The molecule has 2 rings (SSSR count). The minimum absolute atomic E-state index is 0.00565. The molecule has 7 nitrogen and oxygen atoms in total. The van der Waals surface area contributed by atoms with E-state index in [0.29, 0.717) is 11.5 Å². The Kier molecular flexibility index (Phi) is 3.65. The molecule has 0 aliphatic heterocycles. The monoisotopic (exact) mass is 264 g/mol. The van der Waals surface area contributed by atoms with E-state index in [9.17, 15) is 9.59 Å². The highest BCUT2D eigenvalue weighted by molar-refractivity contribution is 5.95. The predicted octanol–water partition coefficient (Wildman–Crippen LogP) is 1.53. The first-order valence-electron chi connectivity index (χ1n) is 5.66. The molecule has 2 aromatic rings. The van der Waals surface area contributed by atoms with E-state index in [4.69, 9.17) is 14.0 Å². The van der Waals surface area contributed by atoms with Gasteiger partial charge >= 0.3 is 5.97 Å². The van der Waals surface area contributed by atoms with Gasteiger partial charge in [-0.15, -0.1) is 0 Å². The number of hydrogen-bond donors (Lipinski definition) is 2. The van der Waals surface area contributed by atoms with Crippen LogP contribution in [0.2, 0.25) is 0 Å². The summed E-state index contributed by atoms with van der Waals surface area (Å²) in [4.78, 5) is 22.6. The number of carbonyl (C=O) groups is 2. The normalized spacial score (nSPS) is 12.1. The number of carboxylic acids is 1. The predicted molar refractivity (Wildman–Crippen MR) is 63.4 cm³/mol. The summed E-state index contributed by atoms with van der Waals surface area (Å²) < 4.78 is 10.0. The number of furan rings is 1. The Balaban J connectivity index is 2.10. The van der Waals surface area contributed by atoms with E-state index >= 15 is 0 Å². The van der Waals surface area contributed by atoms with Crippen molar-refractivity contribution in [2.24, 2.45) is 0 Å². The van der Waals surface area contributed by atoms with Crippen LogP contribution in [-0.2, 0) is 4.79 Å². The van der Waals surface area contributed by atoms with E-state index in [1.165, 1.54) is 12.3 Å². The lowest BCUT2D eigenvalue weighted by Crippen LogP contribution is -2.40. The molecule has 1 amide bonds. The van der Waals surface area contributed by atoms with E-state index in [0.717, 1.165) is 0 Å². The second-order valence-electron chi connectivity index (χ2n) is 3.83. The minimum atomic E-state index is -1.09. The van der Waals surface area contributed by atoms with E-state index in [1.807, 2.05) is 0 Å². The molecule has 0 fully saturated rings. The van der Waals surface area contributed by atoms with Crippen LogP contribution in [0.25, 0.3) is 11.5 Å². The van der Waals surface area contributed by atoms with Gasteiger partial charge in [0.2, 0.25) is 5.76 Å². The first kappa shape index (κ1) is 12.9. The zero-order valence-corrected chi connectivity index (χ0v) is 10.1. The summed E-state index contributed by atoms with van der Waals surface area (Å²) in [6.07, 6.45) is 1.75. The summed E-state index contributed by atoms with van der Waals surface area (Å²) in [5.74, 6) is -0.947. The van der Waals surface area contributed by atoms with Crippen molar-refractivity contribution in [3.63, 3.8) is 0 Å². The average Bonchev–Trinajstić information content (AvgIpc) is 3.04. The van der Waals surface area contributed by atoms with Crippen LogP contribution in [0.15, 0.2) is 33.4 Å². The number of carbonyl (C=O) groups excluding carboxylic acids is 1. The molecule has 0 unspecified atom stereocenters. The molecular formula is C12H12N2O5. The van der Waals surface area contributed by atoms with Crippen LogP contribution in [0.3, 0.4) is 0 Å². The maximum absolute atomic E-state index is 11.8. The van der Waals surface area contributed by atoms with Gasteiger partial charge < -0.3 is 19.4 Å². The molecule has 0 aromatic carbocycles. The lowest BCUT2D eigenvalue weighted by Gasteiger charge is -2.10. The molecule has 0 saturated carbocycles. The number of amides is 1. The molecule has 1 atom stereocenters. The second kappa shape index (κ2) is 5.38. The van der Waals surface area contributed by atoms with E-state index in [-0.39, 0.29) is 12.1 Å². The molecule has 2 heterocycles. The summed E-state index contributed by atoms with van der Waals surface area (Å²) >= 11 is 0. The molecule has 0 aliphatic rings. The molecule has 0 saturated heterocycles. The van der Waals surface area contributed by atoms with Crippen molar-refractivity contribution < 1.29 is 23.6 Å². The second-order valence-corrected chi connectivity index (χ2v) is 3.83. The Bertz CT molecular complexity index is 573. The molecule has 19 heavy (non-hydrogen) atoms.